The van der Waals surface area contributed by atoms with E-state index in [1.807, 2.05) is 38.1 Å². The molecular formula is C12H13N3O. The zero-order valence-corrected chi connectivity index (χ0v) is 9.27. The van der Waals surface area contributed by atoms with Gasteiger partial charge in [0, 0.05) is 11.4 Å². The topological polar surface area (TPSA) is 54.9 Å². The van der Waals surface area contributed by atoms with Crippen LogP contribution in [0.1, 0.15) is 24.3 Å². The van der Waals surface area contributed by atoms with Crippen LogP contribution >= 0.6 is 0 Å². The number of nitrogens with one attached hydrogen (secondary N) is 1. The lowest BCUT2D eigenvalue weighted by Crippen LogP contribution is -2.30. The maximum Gasteiger partial charge on any atom is 0.270 e. The van der Waals surface area contributed by atoms with E-state index in [0.717, 1.165) is 10.9 Å². The molecule has 0 aliphatic rings. The number of hydrogen-bond donors (Lipinski definition) is 1. The summed E-state index contributed by atoms with van der Waals surface area (Å²) in [6, 6.07) is 7.58. The van der Waals surface area contributed by atoms with Gasteiger partial charge in [-0.15, -0.1) is 0 Å². The van der Waals surface area contributed by atoms with Crippen LogP contribution in [0.5, 0.6) is 0 Å². The minimum Gasteiger partial charge on any atom is -0.349 e. The monoisotopic (exact) mass is 215 g/mol. The van der Waals surface area contributed by atoms with Gasteiger partial charge in [0.25, 0.3) is 5.91 Å². The molecule has 0 unspecified atom stereocenters. The first-order valence-corrected chi connectivity index (χ1v) is 5.19. The molecule has 0 saturated heterocycles. The molecule has 2 rings (SSSR count). The van der Waals surface area contributed by atoms with Gasteiger partial charge >= 0.3 is 0 Å². The van der Waals surface area contributed by atoms with Gasteiger partial charge in [0.1, 0.15) is 12.0 Å². The van der Waals surface area contributed by atoms with Crippen LogP contribution in [-0.2, 0) is 0 Å². The highest BCUT2D eigenvalue weighted by Crippen LogP contribution is 2.13. The maximum atomic E-state index is 11.9. The second-order valence-corrected chi connectivity index (χ2v) is 3.87. The average Bonchev–Trinajstić information content (AvgIpc) is 2.27. The maximum absolute atomic E-state index is 11.9. The third-order valence-electron chi connectivity index (χ3n) is 2.18. The van der Waals surface area contributed by atoms with Crippen molar-refractivity contribution in [1.29, 1.82) is 0 Å². The number of carbonyl (C=O) groups is 1. The first kappa shape index (κ1) is 10.5. The fourth-order valence-corrected chi connectivity index (χ4v) is 1.52. The van der Waals surface area contributed by atoms with E-state index < -0.39 is 0 Å². The number of rotatable bonds is 2. The van der Waals surface area contributed by atoms with Crippen molar-refractivity contribution in [2.45, 2.75) is 19.9 Å². The van der Waals surface area contributed by atoms with E-state index in [1.54, 1.807) is 0 Å². The summed E-state index contributed by atoms with van der Waals surface area (Å²) in [5.41, 5.74) is 1.21. The highest BCUT2D eigenvalue weighted by atomic mass is 16.1. The molecule has 0 radical (unpaired) electrons. The van der Waals surface area contributed by atoms with Crippen LogP contribution in [0.3, 0.4) is 0 Å². The lowest BCUT2D eigenvalue weighted by Gasteiger charge is -2.08. The van der Waals surface area contributed by atoms with E-state index in [-0.39, 0.29) is 11.9 Å². The smallest absolute Gasteiger partial charge is 0.270 e. The number of benzene rings is 1. The summed E-state index contributed by atoms with van der Waals surface area (Å²) in [7, 11) is 0. The quantitative estimate of drug-likeness (QED) is 0.830. The molecule has 1 N–H and O–H groups in total. The molecule has 0 aliphatic heterocycles. The number of hydrogen-bond acceptors (Lipinski definition) is 3. The van der Waals surface area contributed by atoms with Gasteiger partial charge in [0.15, 0.2) is 0 Å². The van der Waals surface area contributed by atoms with Gasteiger partial charge in [0.2, 0.25) is 0 Å². The van der Waals surface area contributed by atoms with Crippen LogP contribution in [-0.4, -0.2) is 21.9 Å². The molecule has 1 amide bonds. The third kappa shape index (κ3) is 2.00. The average molecular weight is 215 g/mol. The van der Waals surface area contributed by atoms with Crippen LogP contribution in [0.4, 0.5) is 0 Å². The molecular weight excluding hydrogens is 202 g/mol. The van der Waals surface area contributed by atoms with Crippen LogP contribution in [0.15, 0.2) is 30.6 Å². The number of nitrogens with zero attached hydrogens (tertiary/aromatic N) is 2. The van der Waals surface area contributed by atoms with Crippen molar-refractivity contribution in [3.63, 3.8) is 0 Å². The lowest BCUT2D eigenvalue weighted by atomic mass is 10.2. The van der Waals surface area contributed by atoms with Crippen molar-refractivity contribution in [2.24, 2.45) is 0 Å². The Morgan fingerprint density at radius 3 is 2.75 bits per heavy atom. The van der Waals surface area contributed by atoms with Gasteiger partial charge in [-0.2, -0.15) is 0 Å². The number of carbonyl (C=O) groups excluding carboxylic acids is 1. The van der Waals surface area contributed by atoms with E-state index in [2.05, 4.69) is 15.3 Å². The number of para-hydroxylation sites is 1. The highest BCUT2D eigenvalue weighted by molar-refractivity contribution is 6.04. The molecule has 4 heteroatoms. The summed E-state index contributed by atoms with van der Waals surface area (Å²) in [6.07, 6.45) is 1.41. The lowest BCUT2D eigenvalue weighted by molar-refractivity contribution is 0.0940. The van der Waals surface area contributed by atoms with Crippen LogP contribution in [0.2, 0.25) is 0 Å². The normalized spacial score (nSPS) is 10.7. The van der Waals surface area contributed by atoms with Gasteiger partial charge in [-0.25, -0.2) is 9.97 Å². The van der Waals surface area contributed by atoms with Crippen molar-refractivity contribution in [1.82, 2.24) is 15.3 Å². The Balaban J connectivity index is 2.48. The first-order valence-electron chi connectivity index (χ1n) is 5.19. The van der Waals surface area contributed by atoms with Crippen LogP contribution in [0, 0.1) is 0 Å². The second kappa shape index (κ2) is 4.26. The molecule has 82 valence electrons. The molecule has 1 aromatic heterocycles. The Hall–Kier alpha value is -1.97. The number of aromatic nitrogens is 2. The standard InChI is InChI=1S/C12H13N3O/c1-8(2)15-12(16)11-9-5-3-4-6-10(9)13-7-14-11/h3-8H,1-2H3,(H,15,16). The molecule has 1 heterocycles. The second-order valence-electron chi connectivity index (χ2n) is 3.87. The Kier molecular flexibility index (Phi) is 2.81. The minimum absolute atomic E-state index is 0.0984. The SMILES string of the molecule is CC(C)NC(=O)c1ncnc2ccccc12. The summed E-state index contributed by atoms with van der Waals surface area (Å²) in [5.74, 6) is -0.159. The van der Waals surface area contributed by atoms with Gasteiger partial charge in [-0.05, 0) is 19.9 Å². The molecule has 0 fully saturated rings. The predicted molar refractivity (Wildman–Crippen MR) is 62.1 cm³/mol. The van der Waals surface area contributed by atoms with Crippen LogP contribution in [0.25, 0.3) is 10.9 Å². The van der Waals surface area contributed by atoms with Crippen molar-refractivity contribution in [2.75, 3.05) is 0 Å². The molecule has 0 aliphatic carbocycles. The Morgan fingerprint density at radius 2 is 2.00 bits per heavy atom. The molecule has 4 nitrogen and oxygen atoms in total. The first-order chi connectivity index (χ1) is 7.68. The fourth-order valence-electron chi connectivity index (χ4n) is 1.52. The van der Waals surface area contributed by atoms with Crippen molar-refractivity contribution >= 4 is 16.8 Å². The fraction of sp³-hybridized carbons (Fsp3) is 0.250. The molecule has 2 aromatic rings. The highest BCUT2D eigenvalue weighted by Gasteiger charge is 2.12. The Labute approximate surface area is 93.7 Å². The summed E-state index contributed by atoms with van der Waals surface area (Å²) in [6.45, 7) is 3.84. The van der Waals surface area contributed by atoms with E-state index in [4.69, 9.17) is 0 Å². The Morgan fingerprint density at radius 1 is 1.25 bits per heavy atom. The zero-order chi connectivity index (χ0) is 11.5. The van der Waals surface area contributed by atoms with Gasteiger partial charge in [0.05, 0.1) is 5.52 Å². The molecule has 1 aromatic carbocycles. The van der Waals surface area contributed by atoms with E-state index in [1.165, 1.54) is 6.33 Å². The van der Waals surface area contributed by atoms with E-state index >= 15 is 0 Å². The van der Waals surface area contributed by atoms with Crippen molar-refractivity contribution in [3.05, 3.63) is 36.3 Å². The molecule has 0 bridgehead atoms. The largest absolute Gasteiger partial charge is 0.349 e. The number of amides is 1. The van der Waals surface area contributed by atoms with Crippen molar-refractivity contribution < 1.29 is 4.79 Å². The minimum atomic E-state index is -0.159. The van der Waals surface area contributed by atoms with E-state index in [0.29, 0.717) is 5.69 Å². The van der Waals surface area contributed by atoms with Crippen molar-refractivity contribution in [3.8, 4) is 0 Å². The van der Waals surface area contributed by atoms with E-state index in [9.17, 15) is 4.79 Å². The van der Waals surface area contributed by atoms with Gasteiger partial charge in [-0.1, -0.05) is 18.2 Å². The van der Waals surface area contributed by atoms with Gasteiger partial charge in [-0.3, -0.25) is 4.79 Å². The molecule has 16 heavy (non-hydrogen) atoms. The zero-order valence-electron chi connectivity index (χ0n) is 9.27. The summed E-state index contributed by atoms with van der Waals surface area (Å²) in [4.78, 5) is 20.0. The molecule has 0 atom stereocenters. The van der Waals surface area contributed by atoms with Gasteiger partial charge < -0.3 is 5.32 Å². The summed E-state index contributed by atoms with van der Waals surface area (Å²) in [5, 5.41) is 3.60. The summed E-state index contributed by atoms with van der Waals surface area (Å²) >= 11 is 0. The molecule has 0 spiro atoms. The number of fused-ring (bicyclic) bond motifs is 1. The summed E-state index contributed by atoms with van der Waals surface area (Å²) < 4.78 is 0. The molecule has 0 saturated carbocycles. The third-order valence-corrected chi connectivity index (χ3v) is 2.18. The predicted octanol–water partition coefficient (Wildman–Crippen LogP) is 1.77. The Bertz CT molecular complexity index is 517. The van der Waals surface area contributed by atoms with Crippen LogP contribution < -0.4 is 5.32 Å².